The number of anilines is 1. The van der Waals surface area contributed by atoms with Crippen molar-refractivity contribution in [1.29, 1.82) is 0 Å². The first-order valence-corrected chi connectivity index (χ1v) is 7.70. The molecule has 0 saturated carbocycles. The summed E-state index contributed by atoms with van der Waals surface area (Å²) in [6.07, 6.45) is 2.16. The van der Waals surface area contributed by atoms with E-state index in [0.717, 1.165) is 10.6 Å². The van der Waals surface area contributed by atoms with Gasteiger partial charge in [-0.1, -0.05) is 24.3 Å². The number of carbonyl (C=O) groups is 2. The molecule has 0 aliphatic rings. The van der Waals surface area contributed by atoms with E-state index in [0.29, 0.717) is 0 Å². The predicted octanol–water partition coefficient (Wildman–Crippen LogP) is 3.36. The fourth-order valence-corrected chi connectivity index (χ4v) is 2.47. The number of hydrogen-bond donors (Lipinski definition) is 0. The van der Waals surface area contributed by atoms with E-state index in [1.54, 1.807) is 20.0 Å². The third-order valence-electron chi connectivity index (χ3n) is 3.04. The molecular weight excluding hydrogens is 298 g/mol. The predicted molar refractivity (Wildman–Crippen MR) is 88.8 cm³/mol. The maximum atomic E-state index is 12.2. The first-order chi connectivity index (χ1) is 10.6. The third-order valence-corrected chi connectivity index (χ3v) is 3.88. The molecule has 1 aromatic heterocycles. The number of amides is 1. The third kappa shape index (κ3) is 4.30. The highest BCUT2D eigenvalue weighted by Gasteiger charge is 2.21. The number of para-hydroxylation sites is 1. The molecule has 0 N–H and O–H groups in total. The number of nitrogens with zero attached hydrogens (tertiary/aromatic N) is 1. The topological polar surface area (TPSA) is 46.6 Å². The number of esters is 1. The van der Waals surface area contributed by atoms with E-state index in [-0.39, 0.29) is 5.91 Å². The van der Waals surface area contributed by atoms with Crippen LogP contribution in [0, 0.1) is 0 Å². The quantitative estimate of drug-likeness (QED) is 0.628. The molecule has 0 unspecified atom stereocenters. The maximum Gasteiger partial charge on any atom is 0.331 e. The molecule has 1 heterocycles. The van der Waals surface area contributed by atoms with E-state index in [1.807, 2.05) is 47.8 Å². The zero-order valence-corrected chi connectivity index (χ0v) is 13.2. The first kappa shape index (κ1) is 16.0. The van der Waals surface area contributed by atoms with Gasteiger partial charge in [-0.05, 0) is 36.6 Å². The van der Waals surface area contributed by atoms with Crippen molar-refractivity contribution in [3.8, 4) is 0 Å². The minimum atomic E-state index is -0.842. The van der Waals surface area contributed by atoms with E-state index in [9.17, 15) is 9.59 Å². The lowest BCUT2D eigenvalue weighted by Gasteiger charge is -2.21. The van der Waals surface area contributed by atoms with Gasteiger partial charge >= 0.3 is 5.97 Å². The highest BCUT2D eigenvalue weighted by molar-refractivity contribution is 7.10. The highest BCUT2D eigenvalue weighted by Crippen LogP contribution is 2.14. The largest absolute Gasteiger partial charge is 0.449 e. The fourth-order valence-electron chi connectivity index (χ4n) is 1.85. The summed E-state index contributed by atoms with van der Waals surface area (Å²) in [5, 5.41) is 1.92. The first-order valence-electron chi connectivity index (χ1n) is 6.83. The van der Waals surface area contributed by atoms with Crippen LogP contribution in [0.2, 0.25) is 0 Å². The summed E-state index contributed by atoms with van der Waals surface area (Å²) in [5.41, 5.74) is 0.754. The molecule has 0 saturated heterocycles. The van der Waals surface area contributed by atoms with Crippen LogP contribution < -0.4 is 4.90 Å². The molecule has 0 spiro atoms. The molecule has 2 aromatic rings. The Hall–Kier alpha value is -2.40. The number of rotatable bonds is 5. The van der Waals surface area contributed by atoms with Crippen LogP contribution in [0.25, 0.3) is 6.08 Å². The molecule has 0 radical (unpaired) electrons. The zero-order chi connectivity index (χ0) is 15.9. The Kier molecular flexibility index (Phi) is 5.49. The van der Waals surface area contributed by atoms with Gasteiger partial charge in [0.25, 0.3) is 5.91 Å². The maximum absolute atomic E-state index is 12.2. The lowest BCUT2D eigenvalue weighted by molar-refractivity contribution is -0.148. The molecular formula is C17H17NO3S. The second kappa shape index (κ2) is 7.56. The number of carbonyl (C=O) groups excluding carboxylic acids is 2. The van der Waals surface area contributed by atoms with E-state index in [2.05, 4.69) is 0 Å². The molecule has 1 atom stereocenters. The molecule has 0 bridgehead atoms. The van der Waals surface area contributed by atoms with Crippen LogP contribution in [0.4, 0.5) is 5.69 Å². The van der Waals surface area contributed by atoms with E-state index >= 15 is 0 Å². The van der Waals surface area contributed by atoms with Crippen molar-refractivity contribution in [2.45, 2.75) is 13.0 Å². The van der Waals surface area contributed by atoms with E-state index < -0.39 is 12.1 Å². The van der Waals surface area contributed by atoms with Crippen LogP contribution in [-0.4, -0.2) is 25.0 Å². The van der Waals surface area contributed by atoms with Crippen LogP contribution in [0.3, 0.4) is 0 Å². The normalized spacial score (nSPS) is 12.1. The van der Waals surface area contributed by atoms with Gasteiger partial charge in [-0.15, -0.1) is 11.3 Å². The molecule has 1 aromatic carbocycles. The minimum absolute atomic E-state index is 0.274. The molecule has 0 aliphatic heterocycles. The Labute approximate surface area is 133 Å². The summed E-state index contributed by atoms with van der Waals surface area (Å²) < 4.78 is 5.14. The second-order valence-corrected chi connectivity index (χ2v) is 5.64. The fraction of sp³-hybridized carbons (Fsp3) is 0.176. The molecule has 1 amide bonds. The van der Waals surface area contributed by atoms with Gasteiger partial charge in [0, 0.05) is 23.7 Å². The van der Waals surface area contributed by atoms with Gasteiger partial charge in [0.05, 0.1) is 0 Å². The summed E-state index contributed by atoms with van der Waals surface area (Å²) in [5.74, 6) is -0.806. The van der Waals surface area contributed by atoms with Gasteiger partial charge in [0.15, 0.2) is 6.10 Å². The smallest absolute Gasteiger partial charge is 0.331 e. The Balaban J connectivity index is 1.92. The summed E-state index contributed by atoms with van der Waals surface area (Å²) >= 11 is 1.52. The standard InChI is InChI=1S/C17H17NO3S/c1-13(17(20)18(2)14-7-4-3-5-8-14)21-16(19)11-10-15-9-6-12-22-15/h3-13H,1-2H3/b11-10+/t13-/m0/s1. The van der Waals surface area contributed by atoms with Crippen molar-refractivity contribution < 1.29 is 14.3 Å². The number of likely N-dealkylation sites (N-methyl/N-ethyl adjacent to an activating group) is 1. The molecule has 5 heteroatoms. The summed E-state index contributed by atoms with van der Waals surface area (Å²) in [4.78, 5) is 26.4. The van der Waals surface area contributed by atoms with Crippen molar-refractivity contribution >= 4 is 35.0 Å². The Morgan fingerprint density at radius 1 is 1.18 bits per heavy atom. The van der Waals surface area contributed by atoms with Crippen molar-refractivity contribution in [2.24, 2.45) is 0 Å². The summed E-state index contributed by atoms with van der Waals surface area (Å²) in [7, 11) is 1.66. The van der Waals surface area contributed by atoms with Gasteiger partial charge in [0.2, 0.25) is 0 Å². The van der Waals surface area contributed by atoms with Crippen LogP contribution in [0.1, 0.15) is 11.8 Å². The van der Waals surface area contributed by atoms with Crippen LogP contribution in [0.5, 0.6) is 0 Å². The lowest BCUT2D eigenvalue weighted by Crippen LogP contribution is -2.37. The van der Waals surface area contributed by atoms with E-state index in [1.165, 1.54) is 22.3 Å². The second-order valence-electron chi connectivity index (χ2n) is 4.66. The van der Waals surface area contributed by atoms with Gasteiger partial charge < -0.3 is 9.64 Å². The molecule has 0 aliphatic carbocycles. The van der Waals surface area contributed by atoms with Crippen LogP contribution in [-0.2, 0) is 14.3 Å². The van der Waals surface area contributed by atoms with Crippen molar-refractivity contribution in [2.75, 3.05) is 11.9 Å². The number of ether oxygens (including phenoxy) is 1. The monoisotopic (exact) mass is 315 g/mol. The molecule has 2 rings (SSSR count). The number of thiophene rings is 1. The molecule has 0 fully saturated rings. The average molecular weight is 315 g/mol. The number of benzene rings is 1. The molecule has 22 heavy (non-hydrogen) atoms. The number of hydrogen-bond acceptors (Lipinski definition) is 4. The van der Waals surface area contributed by atoms with Crippen molar-refractivity contribution in [1.82, 2.24) is 0 Å². The van der Waals surface area contributed by atoms with Gasteiger partial charge in [-0.2, -0.15) is 0 Å². The lowest BCUT2D eigenvalue weighted by atomic mass is 10.2. The average Bonchev–Trinajstić information content (AvgIpc) is 3.05. The highest BCUT2D eigenvalue weighted by atomic mass is 32.1. The van der Waals surface area contributed by atoms with Gasteiger partial charge in [0.1, 0.15) is 0 Å². The van der Waals surface area contributed by atoms with E-state index in [4.69, 9.17) is 4.74 Å². The van der Waals surface area contributed by atoms with Crippen LogP contribution >= 0.6 is 11.3 Å². The Morgan fingerprint density at radius 3 is 2.55 bits per heavy atom. The SMILES string of the molecule is C[C@H](OC(=O)/C=C/c1cccs1)C(=O)N(C)c1ccccc1. The molecule has 4 nitrogen and oxygen atoms in total. The zero-order valence-electron chi connectivity index (χ0n) is 12.4. The van der Waals surface area contributed by atoms with Crippen LogP contribution in [0.15, 0.2) is 53.9 Å². The van der Waals surface area contributed by atoms with Gasteiger partial charge in [-0.25, -0.2) is 4.79 Å². The summed E-state index contributed by atoms with van der Waals surface area (Å²) in [6, 6.07) is 13.0. The Bertz CT molecular complexity index is 650. The van der Waals surface area contributed by atoms with Gasteiger partial charge in [-0.3, -0.25) is 4.79 Å². The summed E-state index contributed by atoms with van der Waals surface area (Å²) in [6.45, 7) is 1.57. The minimum Gasteiger partial charge on any atom is -0.449 e. The van der Waals surface area contributed by atoms with Crippen molar-refractivity contribution in [3.05, 3.63) is 58.8 Å². The van der Waals surface area contributed by atoms with Crippen molar-refractivity contribution in [3.63, 3.8) is 0 Å². The Morgan fingerprint density at radius 2 is 1.91 bits per heavy atom. The molecule has 114 valence electrons.